The smallest absolute Gasteiger partial charge is 0.234 e. The number of nitrogens with zero attached hydrogens (tertiary/aromatic N) is 3. The van der Waals surface area contributed by atoms with E-state index in [0.717, 1.165) is 28.3 Å². The van der Waals surface area contributed by atoms with Crippen molar-refractivity contribution < 1.29 is 4.79 Å². The van der Waals surface area contributed by atoms with Crippen molar-refractivity contribution in [1.82, 2.24) is 14.8 Å². The molecule has 0 aliphatic carbocycles. The van der Waals surface area contributed by atoms with Crippen molar-refractivity contribution in [3.8, 4) is 5.69 Å². The Balaban J connectivity index is 1.50. The molecule has 7 heteroatoms. The molecule has 4 aromatic rings. The molecule has 0 unspecified atom stereocenters. The van der Waals surface area contributed by atoms with E-state index in [1.165, 1.54) is 27.8 Å². The maximum absolute atomic E-state index is 12.8. The number of aromatic nitrogens is 3. The van der Waals surface area contributed by atoms with E-state index >= 15 is 0 Å². The Bertz CT molecular complexity index is 1260. The lowest BCUT2D eigenvalue weighted by Gasteiger charge is -2.13. The minimum atomic E-state index is -0.0572. The van der Waals surface area contributed by atoms with Gasteiger partial charge in [-0.3, -0.25) is 9.36 Å². The van der Waals surface area contributed by atoms with Crippen LogP contribution in [0.25, 0.3) is 5.69 Å². The van der Waals surface area contributed by atoms with Gasteiger partial charge in [0.2, 0.25) is 5.91 Å². The summed E-state index contributed by atoms with van der Waals surface area (Å²) in [5.41, 5.74) is 6.44. The molecular formula is C27H28N4OS2. The second kappa shape index (κ2) is 10.9. The van der Waals surface area contributed by atoms with E-state index in [4.69, 9.17) is 0 Å². The zero-order chi connectivity index (χ0) is 24.1. The number of carbonyl (C=O) groups is 1. The summed E-state index contributed by atoms with van der Waals surface area (Å²) < 4.78 is 2.04. The van der Waals surface area contributed by atoms with Crippen LogP contribution >= 0.6 is 23.5 Å². The lowest BCUT2D eigenvalue weighted by molar-refractivity contribution is -0.113. The van der Waals surface area contributed by atoms with E-state index in [0.29, 0.717) is 10.9 Å². The van der Waals surface area contributed by atoms with Gasteiger partial charge in [-0.1, -0.05) is 65.4 Å². The van der Waals surface area contributed by atoms with Crippen LogP contribution in [0.15, 0.2) is 76.8 Å². The molecule has 1 amide bonds. The summed E-state index contributed by atoms with van der Waals surface area (Å²) in [4.78, 5) is 14.0. The van der Waals surface area contributed by atoms with Crippen molar-refractivity contribution in [3.63, 3.8) is 0 Å². The molecule has 1 aromatic heterocycles. The average Bonchev–Trinajstić information content (AvgIpc) is 3.23. The predicted octanol–water partition coefficient (Wildman–Crippen LogP) is 6.52. The van der Waals surface area contributed by atoms with E-state index in [2.05, 4.69) is 65.8 Å². The number of benzene rings is 3. The van der Waals surface area contributed by atoms with Crippen LogP contribution in [0.1, 0.15) is 28.1 Å². The number of amides is 1. The van der Waals surface area contributed by atoms with Gasteiger partial charge in [-0.05, 0) is 63.1 Å². The first-order valence-corrected chi connectivity index (χ1v) is 13.1. The van der Waals surface area contributed by atoms with Gasteiger partial charge in [-0.15, -0.1) is 22.0 Å². The summed E-state index contributed by atoms with van der Waals surface area (Å²) in [5, 5.41) is 12.7. The monoisotopic (exact) mass is 488 g/mol. The zero-order valence-electron chi connectivity index (χ0n) is 19.8. The maximum atomic E-state index is 12.8. The number of para-hydroxylation sites is 1. The van der Waals surface area contributed by atoms with E-state index in [1.54, 1.807) is 11.8 Å². The number of rotatable bonds is 8. The summed E-state index contributed by atoms with van der Waals surface area (Å²) in [6.07, 6.45) is 0. The molecule has 0 aliphatic heterocycles. The molecule has 0 radical (unpaired) electrons. The molecule has 174 valence electrons. The van der Waals surface area contributed by atoms with Crippen molar-refractivity contribution in [2.24, 2.45) is 0 Å². The number of thioether (sulfide) groups is 2. The van der Waals surface area contributed by atoms with Gasteiger partial charge in [0.1, 0.15) is 5.82 Å². The normalized spacial score (nSPS) is 10.9. The number of nitrogens with one attached hydrogen (secondary N) is 1. The highest BCUT2D eigenvalue weighted by atomic mass is 32.2. The molecule has 5 nitrogen and oxygen atoms in total. The molecule has 3 aromatic carbocycles. The predicted molar refractivity (Wildman–Crippen MR) is 142 cm³/mol. The topological polar surface area (TPSA) is 59.8 Å². The van der Waals surface area contributed by atoms with Gasteiger partial charge in [-0.25, -0.2) is 0 Å². The van der Waals surface area contributed by atoms with Crippen LogP contribution in [-0.2, 0) is 10.5 Å². The highest BCUT2D eigenvalue weighted by Gasteiger charge is 2.17. The molecule has 0 saturated heterocycles. The molecule has 1 N–H and O–H groups in total. The fraction of sp³-hybridized carbons (Fsp3) is 0.222. The molecule has 0 spiro atoms. The third kappa shape index (κ3) is 5.90. The first-order chi connectivity index (χ1) is 16.4. The van der Waals surface area contributed by atoms with E-state index in [1.807, 2.05) is 48.7 Å². The van der Waals surface area contributed by atoms with Crippen LogP contribution in [-0.4, -0.2) is 26.4 Å². The highest BCUT2D eigenvalue weighted by Crippen LogP contribution is 2.28. The van der Waals surface area contributed by atoms with Gasteiger partial charge in [0, 0.05) is 16.3 Å². The fourth-order valence-electron chi connectivity index (χ4n) is 3.79. The minimum absolute atomic E-state index is 0.0572. The second-order valence-corrected chi connectivity index (χ2v) is 10.3. The van der Waals surface area contributed by atoms with Gasteiger partial charge in [0.25, 0.3) is 0 Å². The van der Waals surface area contributed by atoms with Crippen molar-refractivity contribution in [2.45, 2.75) is 43.5 Å². The Morgan fingerprint density at radius 3 is 2.21 bits per heavy atom. The second-order valence-electron chi connectivity index (χ2n) is 8.28. The van der Waals surface area contributed by atoms with E-state index in [9.17, 15) is 4.79 Å². The van der Waals surface area contributed by atoms with E-state index < -0.39 is 0 Å². The lowest BCUT2D eigenvalue weighted by atomic mass is 10.1. The molecular weight excluding hydrogens is 460 g/mol. The molecule has 0 fully saturated rings. The van der Waals surface area contributed by atoms with Gasteiger partial charge in [-0.2, -0.15) is 0 Å². The fourth-order valence-corrected chi connectivity index (χ4v) is 5.37. The van der Waals surface area contributed by atoms with Gasteiger partial charge < -0.3 is 5.32 Å². The Morgan fingerprint density at radius 1 is 0.853 bits per heavy atom. The minimum Gasteiger partial charge on any atom is -0.325 e. The number of aryl methyl sites for hydroxylation is 4. The van der Waals surface area contributed by atoms with Crippen LogP contribution in [0.5, 0.6) is 0 Å². The molecule has 0 bridgehead atoms. The maximum Gasteiger partial charge on any atom is 0.234 e. The first kappa shape index (κ1) is 24.1. The van der Waals surface area contributed by atoms with Crippen LogP contribution in [0, 0.1) is 27.7 Å². The lowest BCUT2D eigenvalue weighted by Crippen LogP contribution is -2.16. The van der Waals surface area contributed by atoms with E-state index in [-0.39, 0.29) is 11.7 Å². The van der Waals surface area contributed by atoms with Crippen LogP contribution < -0.4 is 5.32 Å². The molecule has 0 atom stereocenters. The number of hydrogen-bond donors (Lipinski definition) is 1. The highest BCUT2D eigenvalue weighted by molar-refractivity contribution is 7.99. The van der Waals surface area contributed by atoms with Crippen LogP contribution in [0.3, 0.4) is 0 Å². The Hall–Kier alpha value is -3.03. The average molecular weight is 489 g/mol. The van der Waals surface area contributed by atoms with Crippen molar-refractivity contribution in [1.29, 1.82) is 0 Å². The number of hydrogen-bond acceptors (Lipinski definition) is 5. The van der Waals surface area contributed by atoms with Crippen LogP contribution in [0.4, 0.5) is 5.69 Å². The van der Waals surface area contributed by atoms with Gasteiger partial charge in [0.15, 0.2) is 5.16 Å². The summed E-state index contributed by atoms with van der Waals surface area (Å²) >= 11 is 3.12. The molecule has 1 heterocycles. The quantitative estimate of drug-likeness (QED) is 0.286. The molecule has 0 aliphatic rings. The SMILES string of the molecule is Cc1ccc(SCc2nnc(SCC(=O)Nc3c(C)cc(C)cc3C)n2-c2ccccc2)cc1. The third-order valence-corrected chi connectivity index (χ3v) is 7.31. The Kier molecular flexibility index (Phi) is 7.75. The summed E-state index contributed by atoms with van der Waals surface area (Å²) in [6.45, 7) is 8.19. The summed E-state index contributed by atoms with van der Waals surface area (Å²) in [5.74, 6) is 1.73. The zero-order valence-corrected chi connectivity index (χ0v) is 21.5. The van der Waals surface area contributed by atoms with Crippen molar-refractivity contribution in [2.75, 3.05) is 11.1 Å². The molecule has 34 heavy (non-hydrogen) atoms. The van der Waals surface area contributed by atoms with Gasteiger partial charge >= 0.3 is 0 Å². The van der Waals surface area contributed by atoms with Crippen molar-refractivity contribution in [3.05, 3.63) is 94.8 Å². The van der Waals surface area contributed by atoms with Gasteiger partial charge in [0.05, 0.1) is 11.5 Å². The van der Waals surface area contributed by atoms with Crippen molar-refractivity contribution >= 4 is 35.1 Å². The third-order valence-electron chi connectivity index (χ3n) is 5.38. The standard InChI is InChI=1S/C27H28N4OS2/c1-18-10-12-23(13-11-18)33-16-24-29-30-27(31(24)22-8-6-5-7-9-22)34-17-25(32)28-26-20(3)14-19(2)15-21(26)4/h5-15H,16-17H2,1-4H3,(H,28,32). The summed E-state index contributed by atoms with van der Waals surface area (Å²) in [7, 11) is 0. The number of anilines is 1. The van der Waals surface area contributed by atoms with Crippen LogP contribution in [0.2, 0.25) is 0 Å². The number of carbonyl (C=O) groups excluding carboxylic acids is 1. The Labute approximate surface area is 209 Å². The largest absolute Gasteiger partial charge is 0.325 e. The summed E-state index contributed by atoms with van der Waals surface area (Å²) in [6, 6.07) is 22.7. The molecule has 0 saturated carbocycles. The Morgan fingerprint density at radius 2 is 1.53 bits per heavy atom. The first-order valence-electron chi connectivity index (χ1n) is 11.1. The molecule has 4 rings (SSSR count).